The second-order valence-electron chi connectivity index (χ2n) is 4.91. The van der Waals surface area contributed by atoms with E-state index in [9.17, 15) is 0 Å². The van der Waals surface area contributed by atoms with Crippen molar-refractivity contribution >= 4 is 35.1 Å². The van der Waals surface area contributed by atoms with Crippen molar-refractivity contribution in [3.05, 3.63) is 28.2 Å². The average Bonchev–Trinajstić information content (AvgIpc) is 2.57. The van der Waals surface area contributed by atoms with Gasteiger partial charge in [-0.25, -0.2) is 9.59 Å². The minimum absolute atomic E-state index is 0.462. The first kappa shape index (κ1) is 23.5. The van der Waals surface area contributed by atoms with Gasteiger partial charge in [0.05, 0.1) is 18.2 Å². The molecule has 0 spiro atoms. The zero-order chi connectivity index (χ0) is 19.2. The SMILES string of the molecule is CCC(C)NCCOCCOc1cc(Cl)ccc1Cl.O=C(O)C(=O)O. The largest absolute Gasteiger partial charge is 0.490 e. The zero-order valence-corrected chi connectivity index (χ0v) is 15.6. The van der Waals surface area contributed by atoms with Crippen LogP contribution in [-0.4, -0.2) is 54.6 Å². The lowest BCUT2D eigenvalue weighted by Gasteiger charge is -2.12. The molecule has 0 aromatic heterocycles. The maximum absolute atomic E-state index is 9.10. The van der Waals surface area contributed by atoms with Crippen LogP contribution in [0.2, 0.25) is 10.0 Å². The predicted octanol–water partition coefficient (Wildman–Crippen LogP) is 2.93. The van der Waals surface area contributed by atoms with Gasteiger partial charge in [0.15, 0.2) is 0 Å². The molecule has 0 aliphatic carbocycles. The smallest absolute Gasteiger partial charge is 0.414 e. The van der Waals surface area contributed by atoms with Crippen LogP contribution in [0, 0.1) is 0 Å². The van der Waals surface area contributed by atoms with E-state index in [2.05, 4.69) is 19.2 Å². The van der Waals surface area contributed by atoms with Crippen LogP contribution in [0.4, 0.5) is 0 Å². The Bertz CT molecular complexity index is 529. The summed E-state index contributed by atoms with van der Waals surface area (Å²) in [4.78, 5) is 18.2. The van der Waals surface area contributed by atoms with E-state index in [1.807, 2.05) is 0 Å². The molecular weight excluding hydrogens is 373 g/mol. The fraction of sp³-hybridized carbons (Fsp3) is 0.500. The minimum Gasteiger partial charge on any atom is -0.490 e. The molecule has 0 amide bonds. The number of hydrogen-bond acceptors (Lipinski definition) is 5. The molecule has 0 aliphatic heterocycles. The molecule has 25 heavy (non-hydrogen) atoms. The van der Waals surface area contributed by atoms with Gasteiger partial charge in [0.2, 0.25) is 0 Å². The first-order valence-electron chi connectivity index (χ1n) is 7.63. The van der Waals surface area contributed by atoms with E-state index in [1.165, 1.54) is 0 Å². The van der Waals surface area contributed by atoms with Crippen LogP contribution < -0.4 is 10.1 Å². The Hall–Kier alpha value is -1.54. The molecule has 0 fully saturated rings. The summed E-state index contributed by atoms with van der Waals surface area (Å²) in [5.41, 5.74) is 0. The number of halogens is 2. The highest BCUT2D eigenvalue weighted by Crippen LogP contribution is 2.27. The van der Waals surface area contributed by atoms with Crippen molar-refractivity contribution in [2.24, 2.45) is 0 Å². The maximum atomic E-state index is 9.10. The summed E-state index contributed by atoms with van der Waals surface area (Å²) < 4.78 is 11.0. The van der Waals surface area contributed by atoms with Crippen LogP contribution >= 0.6 is 23.2 Å². The van der Waals surface area contributed by atoms with Crippen molar-refractivity contribution < 1.29 is 29.3 Å². The van der Waals surface area contributed by atoms with Crippen LogP contribution in [0.3, 0.4) is 0 Å². The highest BCUT2D eigenvalue weighted by atomic mass is 35.5. The van der Waals surface area contributed by atoms with Gasteiger partial charge in [-0.3, -0.25) is 0 Å². The van der Waals surface area contributed by atoms with Crippen molar-refractivity contribution in [2.45, 2.75) is 26.3 Å². The predicted molar refractivity (Wildman–Crippen MR) is 95.8 cm³/mol. The maximum Gasteiger partial charge on any atom is 0.414 e. The molecule has 1 rings (SSSR count). The summed E-state index contributed by atoms with van der Waals surface area (Å²) >= 11 is 11.8. The van der Waals surface area contributed by atoms with Gasteiger partial charge in [0, 0.05) is 23.7 Å². The molecule has 1 atom stereocenters. The van der Waals surface area contributed by atoms with Crippen LogP contribution in [0.5, 0.6) is 5.75 Å². The molecule has 0 saturated heterocycles. The topological polar surface area (TPSA) is 105 Å². The highest BCUT2D eigenvalue weighted by Gasteiger charge is 2.04. The van der Waals surface area contributed by atoms with Crippen LogP contribution in [0.15, 0.2) is 18.2 Å². The lowest BCUT2D eigenvalue weighted by Crippen LogP contribution is -2.29. The number of ether oxygens (including phenoxy) is 2. The molecule has 0 radical (unpaired) electrons. The third kappa shape index (κ3) is 12.5. The lowest BCUT2D eigenvalue weighted by molar-refractivity contribution is -0.159. The Morgan fingerprint density at radius 1 is 1.16 bits per heavy atom. The van der Waals surface area contributed by atoms with Crippen LogP contribution in [-0.2, 0) is 14.3 Å². The number of hydrogen-bond donors (Lipinski definition) is 3. The summed E-state index contributed by atoms with van der Waals surface area (Å²) in [7, 11) is 0. The number of carbonyl (C=O) groups is 2. The number of benzene rings is 1. The van der Waals surface area contributed by atoms with E-state index in [4.69, 9.17) is 52.5 Å². The second-order valence-corrected chi connectivity index (χ2v) is 5.75. The van der Waals surface area contributed by atoms with E-state index >= 15 is 0 Å². The summed E-state index contributed by atoms with van der Waals surface area (Å²) in [6, 6.07) is 5.68. The van der Waals surface area contributed by atoms with Crippen molar-refractivity contribution in [3.63, 3.8) is 0 Å². The molecule has 9 heteroatoms. The number of carboxylic acids is 2. The molecule has 0 bridgehead atoms. The standard InChI is InChI=1S/C14H21Cl2NO2.C2H2O4/c1-3-11(2)17-6-7-18-8-9-19-14-10-12(15)4-5-13(14)16;3-1(4)2(5)6/h4-5,10-11,17H,3,6-9H2,1-2H3;(H,3,4)(H,5,6). The highest BCUT2D eigenvalue weighted by molar-refractivity contribution is 6.34. The van der Waals surface area contributed by atoms with Gasteiger partial charge in [0.1, 0.15) is 12.4 Å². The van der Waals surface area contributed by atoms with Gasteiger partial charge < -0.3 is 25.0 Å². The van der Waals surface area contributed by atoms with Crippen molar-refractivity contribution in [1.82, 2.24) is 5.32 Å². The Balaban J connectivity index is 0.000000823. The molecule has 7 nitrogen and oxygen atoms in total. The quantitative estimate of drug-likeness (QED) is 0.435. The number of nitrogens with one attached hydrogen (secondary N) is 1. The van der Waals surface area contributed by atoms with Crippen LogP contribution in [0.25, 0.3) is 0 Å². The van der Waals surface area contributed by atoms with E-state index in [0.717, 1.165) is 13.0 Å². The average molecular weight is 396 g/mol. The van der Waals surface area contributed by atoms with Gasteiger partial charge in [-0.2, -0.15) is 0 Å². The first-order chi connectivity index (χ1) is 11.8. The summed E-state index contributed by atoms with van der Waals surface area (Å²) in [5.74, 6) is -3.06. The normalized spacial score (nSPS) is 11.2. The fourth-order valence-electron chi connectivity index (χ4n) is 1.42. The molecule has 0 saturated carbocycles. The number of carboxylic acid groups (broad SMARTS) is 2. The Labute approximate surface area is 156 Å². The van der Waals surface area contributed by atoms with E-state index in [-0.39, 0.29) is 0 Å². The summed E-state index contributed by atoms with van der Waals surface area (Å²) in [5, 5.41) is 19.3. The summed E-state index contributed by atoms with van der Waals surface area (Å²) in [6.45, 7) is 6.84. The van der Waals surface area contributed by atoms with Gasteiger partial charge >= 0.3 is 11.9 Å². The van der Waals surface area contributed by atoms with Gasteiger partial charge in [-0.15, -0.1) is 0 Å². The fourth-order valence-corrected chi connectivity index (χ4v) is 1.76. The van der Waals surface area contributed by atoms with Crippen molar-refractivity contribution in [1.29, 1.82) is 0 Å². The Kier molecular flexibility index (Phi) is 12.9. The third-order valence-corrected chi connectivity index (χ3v) is 3.46. The van der Waals surface area contributed by atoms with Gasteiger partial charge in [-0.05, 0) is 25.5 Å². The Morgan fingerprint density at radius 2 is 1.80 bits per heavy atom. The second kappa shape index (κ2) is 13.7. The lowest BCUT2D eigenvalue weighted by atomic mass is 10.3. The molecule has 0 heterocycles. The van der Waals surface area contributed by atoms with E-state index in [1.54, 1.807) is 18.2 Å². The van der Waals surface area contributed by atoms with E-state index in [0.29, 0.717) is 41.7 Å². The van der Waals surface area contributed by atoms with E-state index < -0.39 is 11.9 Å². The molecule has 142 valence electrons. The van der Waals surface area contributed by atoms with Crippen LogP contribution in [0.1, 0.15) is 20.3 Å². The van der Waals surface area contributed by atoms with Crippen molar-refractivity contribution in [3.8, 4) is 5.75 Å². The zero-order valence-electron chi connectivity index (χ0n) is 14.1. The first-order valence-corrected chi connectivity index (χ1v) is 8.38. The third-order valence-electron chi connectivity index (χ3n) is 2.91. The molecule has 3 N–H and O–H groups in total. The monoisotopic (exact) mass is 395 g/mol. The van der Waals surface area contributed by atoms with Gasteiger partial charge in [0.25, 0.3) is 0 Å². The number of aliphatic carboxylic acids is 2. The Morgan fingerprint density at radius 3 is 2.36 bits per heavy atom. The molecule has 0 aliphatic rings. The molecule has 1 aromatic carbocycles. The molecule has 1 unspecified atom stereocenters. The number of rotatable bonds is 9. The summed E-state index contributed by atoms with van der Waals surface area (Å²) in [6.07, 6.45) is 1.12. The molecular formula is C16H23Cl2NO6. The van der Waals surface area contributed by atoms with Gasteiger partial charge in [-0.1, -0.05) is 30.1 Å². The molecule has 1 aromatic rings. The minimum atomic E-state index is -1.82. The van der Waals surface area contributed by atoms with Crippen molar-refractivity contribution in [2.75, 3.05) is 26.4 Å².